The van der Waals surface area contributed by atoms with Crippen molar-refractivity contribution in [1.82, 2.24) is 0 Å². The van der Waals surface area contributed by atoms with E-state index in [1.165, 1.54) is 193 Å². The largest absolute Gasteiger partial charge is 0.472 e. The Bertz CT molecular complexity index is 1490. The van der Waals surface area contributed by atoms with Gasteiger partial charge in [-0.3, -0.25) is 18.6 Å². The first-order valence-corrected chi connectivity index (χ1v) is 33.9. The molecule has 0 spiro atoms. The number of hydrogen-bond donors (Lipinski definition) is 2. The predicted molar refractivity (Wildman–Crippen MR) is 330 cm³/mol. The van der Waals surface area contributed by atoms with Gasteiger partial charge in [0.2, 0.25) is 0 Å². The van der Waals surface area contributed by atoms with Crippen molar-refractivity contribution >= 4 is 19.8 Å². The van der Waals surface area contributed by atoms with Crippen LogP contribution >= 0.6 is 7.82 Å². The van der Waals surface area contributed by atoms with Crippen LogP contribution in [0.3, 0.4) is 0 Å². The van der Waals surface area contributed by atoms with Gasteiger partial charge in [0.1, 0.15) is 6.61 Å². The van der Waals surface area contributed by atoms with Crippen LogP contribution in [0.1, 0.15) is 309 Å². The lowest BCUT2D eigenvalue weighted by molar-refractivity contribution is -0.161. The van der Waals surface area contributed by atoms with E-state index in [2.05, 4.69) is 86.8 Å². The van der Waals surface area contributed by atoms with Gasteiger partial charge >= 0.3 is 19.8 Å². The molecule has 0 fully saturated rings. The summed E-state index contributed by atoms with van der Waals surface area (Å²) in [7, 11) is -4.39. The van der Waals surface area contributed by atoms with E-state index in [4.69, 9.17) is 24.3 Å². The van der Waals surface area contributed by atoms with Gasteiger partial charge in [0.15, 0.2) is 6.10 Å². The number of carbonyl (C=O) groups excluding carboxylic acids is 2. The number of nitrogens with two attached hydrogens (primary N) is 1. The fraction of sp³-hybridized carbons (Fsp3) is 0.791. The maximum Gasteiger partial charge on any atom is 0.472 e. The minimum Gasteiger partial charge on any atom is -0.462 e. The van der Waals surface area contributed by atoms with Crippen molar-refractivity contribution in [2.45, 2.75) is 315 Å². The molecule has 2 atom stereocenters. The van der Waals surface area contributed by atoms with Crippen LogP contribution in [0.15, 0.2) is 72.9 Å². The summed E-state index contributed by atoms with van der Waals surface area (Å²) < 4.78 is 33.0. The van der Waals surface area contributed by atoms with Crippen molar-refractivity contribution in [3.63, 3.8) is 0 Å². The van der Waals surface area contributed by atoms with Crippen molar-refractivity contribution in [3.8, 4) is 0 Å². The number of carbonyl (C=O) groups is 2. The summed E-state index contributed by atoms with van der Waals surface area (Å²) in [6.07, 6.45) is 81.5. The van der Waals surface area contributed by atoms with Crippen LogP contribution in [0.25, 0.3) is 0 Å². The predicted octanol–water partition coefficient (Wildman–Crippen LogP) is 20.9. The summed E-state index contributed by atoms with van der Waals surface area (Å²) in [5.74, 6) is -0.825. The van der Waals surface area contributed by atoms with E-state index in [0.29, 0.717) is 6.42 Å². The van der Waals surface area contributed by atoms with Gasteiger partial charge in [-0.05, 0) is 83.5 Å². The van der Waals surface area contributed by atoms with Gasteiger partial charge in [-0.25, -0.2) is 4.57 Å². The molecule has 0 aliphatic rings. The number of rotatable bonds is 61. The van der Waals surface area contributed by atoms with Crippen LogP contribution < -0.4 is 5.73 Å². The van der Waals surface area contributed by atoms with Gasteiger partial charge in [-0.15, -0.1) is 0 Å². The number of allylic oxidation sites excluding steroid dienone is 12. The Balaban J connectivity index is 3.75. The maximum atomic E-state index is 12.7. The first-order chi connectivity index (χ1) is 37.8. The summed E-state index contributed by atoms with van der Waals surface area (Å²) in [4.78, 5) is 35.2. The molecule has 0 amide bonds. The van der Waals surface area contributed by atoms with E-state index in [0.717, 1.165) is 83.5 Å². The third-order valence-corrected chi connectivity index (χ3v) is 15.1. The number of esters is 2. The molecule has 0 saturated carbocycles. The van der Waals surface area contributed by atoms with Crippen molar-refractivity contribution in [3.05, 3.63) is 72.9 Å². The number of phosphoric acid groups is 1. The van der Waals surface area contributed by atoms with E-state index in [-0.39, 0.29) is 38.6 Å². The number of ether oxygens (including phenoxy) is 2. The van der Waals surface area contributed by atoms with E-state index in [1.54, 1.807) is 0 Å². The molecule has 0 aromatic carbocycles. The van der Waals surface area contributed by atoms with Gasteiger partial charge < -0.3 is 20.1 Å². The van der Waals surface area contributed by atoms with Crippen molar-refractivity contribution in [2.75, 3.05) is 26.4 Å². The van der Waals surface area contributed by atoms with Crippen LogP contribution in [0.5, 0.6) is 0 Å². The Morgan fingerprint density at radius 2 is 0.714 bits per heavy atom. The number of phosphoric ester groups is 1. The average molecular weight is 1100 g/mol. The molecule has 0 bridgehead atoms. The molecule has 3 N–H and O–H groups in total. The fourth-order valence-corrected chi connectivity index (χ4v) is 10.1. The Kier molecular flexibility index (Phi) is 60.6. The zero-order valence-electron chi connectivity index (χ0n) is 50.2. The highest BCUT2D eigenvalue weighted by molar-refractivity contribution is 7.47. The highest BCUT2D eigenvalue weighted by Crippen LogP contribution is 2.43. The van der Waals surface area contributed by atoms with E-state index in [9.17, 15) is 19.0 Å². The molecule has 9 nitrogen and oxygen atoms in total. The van der Waals surface area contributed by atoms with E-state index >= 15 is 0 Å². The number of unbranched alkanes of at least 4 members (excludes halogenated alkanes) is 36. The Labute approximate surface area is 475 Å². The maximum absolute atomic E-state index is 12.7. The standard InChI is InChI=1S/C67H122NO8P/c1-3-5-7-9-11-13-15-17-19-20-21-22-23-24-25-26-27-28-29-30-31-32-33-34-35-36-37-38-39-40-41-42-43-44-46-48-50-52-54-56-58-60-67(70)76-65(64-75-77(71,72)74-62-61-68)63-73-66(69)59-57-55-53-51-49-47-45-18-16-14-12-10-8-6-4-2/h5,7,11,13,17-19,21-22,24-25,45,65H,3-4,6,8-10,12,14-16,20,23,26-44,46-64,68H2,1-2H3,(H,71,72)/b7-5-,13-11-,19-17-,22-21-,25-24-,45-18-. The summed E-state index contributed by atoms with van der Waals surface area (Å²) in [6, 6.07) is 0. The second-order valence-corrected chi connectivity index (χ2v) is 23.1. The van der Waals surface area contributed by atoms with Gasteiger partial charge in [0.25, 0.3) is 0 Å². The SMILES string of the molecule is CC/C=C\C/C=C\C/C=C\C/C=C\C/C=C\CCCCCCCCCCCCCCCCCCCCCCCCCCCC(=O)OC(COC(=O)CCCCCCC/C=C\CCCCCCCC)COP(=O)(O)OCCN. The van der Waals surface area contributed by atoms with Crippen LogP contribution in [-0.4, -0.2) is 49.3 Å². The first-order valence-electron chi connectivity index (χ1n) is 32.4. The summed E-state index contributed by atoms with van der Waals surface area (Å²) in [5.41, 5.74) is 5.38. The molecular formula is C67H122NO8P. The molecule has 10 heteroatoms. The quantitative estimate of drug-likeness (QED) is 0.0264. The first kappa shape index (κ1) is 74.5. The minimum atomic E-state index is -4.39. The Morgan fingerprint density at radius 1 is 0.403 bits per heavy atom. The van der Waals surface area contributed by atoms with Crippen molar-refractivity contribution in [1.29, 1.82) is 0 Å². The molecule has 0 aromatic heterocycles. The Morgan fingerprint density at radius 3 is 1.08 bits per heavy atom. The van der Waals surface area contributed by atoms with Crippen LogP contribution in [-0.2, 0) is 32.7 Å². The van der Waals surface area contributed by atoms with Gasteiger partial charge in [-0.2, -0.15) is 0 Å². The number of hydrogen-bond acceptors (Lipinski definition) is 8. The molecule has 0 radical (unpaired) electrons. The molecule has 2 unspecified atom stereocenters. The third-order valence-electron chi connectivity index (χ3n) is 14.1. The van der Waals surface area contributed by atoms with E-state index < -0.39 is 26.5 Å². The van der Waals surface area contributed by atoms with Gasteiger partial charge in [-0.1, -0.05) is 286 Å². The average Bonchev–Trinajstić information content (AvgIpc) is 3.42. The second kappa shape index (κ2) is 62.6. The van der Waals surface area contributed by atoms with Crippen LogP contribution in [0.4, 0.5) is 0 Å². The monoisotopic (exact) mass is 1100 g/mol. The van der Waals surface area contributed by atoms with Crippen LogP contribution in [0, 0.1) is 0 Å². The third kappa shape index (κ3) is 62.5. The van der Waals surface area contributed by atoms with Crippen molar-refractivity contribution < 1.29 is 37.6 Å². The molecule has 77 heavy (non-hydrogen) atoms. The minimum absolute atomic E-state index is 0.0529. The zero-order chi connectivity index (χ0) is 55.9. The molecular weight excluding hydrogens is 978 g/mol. The lowest BCUT2D eigenvalue weighted by atomic mass is 10.0. The molecule has 0 aliphatic carbocycles. The van der Waals surface area contributed by atoms with Gasteiger partial charge in [0.05, 0.1) is 13.2 Å². The second-order valence-electron chi connectivity index (χ2n) is 21.6. The zero-order valence-corrected chi connectivity index (χ0v) is 51.1. The van der Waals surface area contributed by atoms with Crippen LogP contribution in [0.2, 0.25) is 0 Å². The summed E-state index contributed by atoms with van der Waals surface area (Å²) in [5, 5.41) is 0. The smallest absolute Gasteiger partial charge is 0.462 e. The van der Waals surface area contributed by atoms with Crippen molar-refractivity contribution in [2.24, 2.45) is 5.73 Å². The normalized spacial score (nSPS) is 13.5. The highest BCUT2D eigenvalue weighted by Gasteiger charge is 2.26. The summed E-state index contributed by atoms with van der Waals surface area (Å²) in [6.45, 7) is 3.65. The summed E-state index contributed by atoms with van der Waals surface area (Å²) >= 11 is 0. The Hall–Kier alpha value is -2.55. The molecule has 0 saturated heterocycles. The fourth-order valence-electron chi connectivity index (χ4n) is 9.31. The highest BCUT2D eigenvalue weighted by atomic mass is 31.2. The lowest BCUT2D eigenvalue weighted by Gasteiger charge is -2.19. The molecule has 0 aliphatic heterocycles. The molecule has 0 heterocycles. The topological polar surface area (TPSA) is 134 Å². The molecule has 448 valence electrons. The van der Waals surface area contributed by atoms with Gasteiger partial charge in [0, 0.05) is 19.4 Å². The molecule has 0 rings (SSSR count). The molecule has 0 aromatic rings. The van der Waals surface area contributed by atoms with E-state index in [1.807, 2.05) is 0 Å². The lowest BCUT2D eigenvalue weighted by Crippen LogP contribution is -2.29.